The minimum absolute atomic E-state index is 0.591. The number of nitrogens with one attached hydrogen (secondary N) is 1. The highest BCUT2D eigenvalue weighted by Gasteiger charge is 2.02. The second kappa shape index (κ2) is 7.65. The molecule has 20 heavy (non-hydrogen) atoms. The third-order valence-electron chi connectivity index (χ3n) is 3.19. The monoisotopic (exact) mass is 269 g/mol. The van der Waals surface area contributed by atoms with E-state index in [9.17, 15) is 0 Å². The molecule has 0 fully saturated rings. The molecule has 1 aromatic carbocycles. The molecule has 2 aromatic rings. The second-order valence-corrected chi connectivity index (χ2v) is 5.40. The maximum atomic E-state index is 4.06. The van der Waals surface area contributed by atoms with Crippen LogP contribution in [0.15, 0.2) is 54.6 Å². The lowest BCUT2D eigenvalue weighted by Gasteiger charge is -2.13. The third-order valence-corrected chi connectivity index (χ3v) is 3.19. The molecule has 0 aliphatic heterocycles. The van der Waals surface area contributed by atoms with E-state index in [4.69, 9.17) is 0 Å². The minimum Gasteiger partial charge on any atom is -0.337 e. The van der Waals surface area contributed by atoms with Gasteiger partial charge in [0.05, 0.1) is 6.33 Å². The largest absolute Gasteiger partial charge is 0.337 e. The molecule has 0 aliphatic rings. The fourth-order valence-electron chi connectivity index (χ4n) is 2.22. The molecule has 0 aliphatic carbocycles. The Labute approximate surface area is 121 Å². The Morgan fingerprint density at radius 2 is 2.15 bits per heavy atom. The number of rotatable bonds is 7. The van der Waals surface area contributed by atoms with Crippen LogP contribution in [-0.2, 0) is 6.54 Å². The van der Waals surface area contributed by atoms with Gasteiger partial charge in [0.2, 0.25) is 0 Å². The minimum atomic E-state index is 0.591. The Morgan fingerprint density at radius 3 is 2.85 bits per heavy atom. The van der Waals surface area contributed by atoms with Crippen molar-refractivity contribution in [3.8, 4) is 0 Å². The van der Waals surface area contributed by atoms with E-state index in [1.54, 1.807) is 0 Å². The van der Waals surface area contributed by atoms with Gasteiger partial charge in [0.15, 0.2) is 0 Å². The van der Waals surface area contributed by atoms with Crippen LogP contribution in [-0.4, -0.2) is 22.6 Å². The normalized spacial score (nSPS) is 13.4. The van der Waals surface area contributed by atoms with Gasteiger partial charge in [-0.25, -0.2) is 4.98 Å². The van der Waals surface area contributed by atoms with Gasteiger partial charge in [0.25, 0.3) is 0 Å². The second-order valence-electron chi connectivity index (χ2n) is 5.40. The Morgan fingerprint density at radius 1 is 1.35 bits per heavy atom. The van der Waals surface area contributed by atoms with Crippen LogP contribution in [0.25, 0.3) is 6.08 Å². The molecule has 106 valence electrons. The molecule has 0 saturated carbocycles. The highest BCUT2D eigenvalue weighted by molar-refractivity contribution is 5.52. The summed E-state index contributed by atoms with van der Waals surface area (Å²) < 4.78 is 2.12. The van der Waals surface area contributed by atoms with Gasteiger partial charge < -0.3 is 9.88 Å². The maximum absolute atomic E-state index is 4.06. The van der Waals surface area contributed by atoms with Gasteiger partial charge in [0.1, 0.15) is 0 Å². The van der Waals surface area contributed by atoms with Crippen molar-refractivity contribution in [3.63, 3.8) is 0 Å². The zero-order chi connectivity index (χ0) is 14.2. The van der Waals surface area contributed by atoms with Crippen LogP contribution < -0.4 is 5.32 Å². The van der Waals surface area contributed by atoms with Gasteiger partial charge >= 0.3 is 0 Å². The lowest BCUT2D eigenvalue weighted by molar-refractivity contribution is 0.453. The Kier molecular flexibility index (Phi) is 5.56. The number of hydrogen-bond donors (Lipinski definition) is 1. The molecular formula is C17H23N3. The van der Waals surface area contributed by atoms with Crippen molar-refractivity contribution in [3.05, 3.63) is 60.2 Å². The van der Waals surface area contributed by atoms with E-state index in [1.807, 2.05) is 24.8 Å². The predicted octanol–water partition coefficient (Wildman–Crippen LogP) is 3.21. The van der Waals surface area contributed by atoms with E-state index in [1.165, 1.54) is 11.1 Å². The van der Waals surface area contributed by atoms with Crippen LogP contribution in [0.4, 0.5) is 0 Å². The number of aromatic nitrogens is 2. The van der Waals surface area contributed by atoms with Gasteiger partial charge in [-0.1, -0.05) is 48.9 Å². The van der Waals surface area contributed by atoms with Gasteiger partial charge in [-0.05, 0) is 24.9 Å². The van der Waals surface area contributed by atoms with Crippen molar-refractivity contribution < 1.29 is 0 Å². The van der Waals surface area contributed by atoms with Gasteiger partial charge in [0, 0.05) is 25.5 Å². The van der Waals surface area contributed by atoms with Gasteiger partial charge in [-0.15, -0.1) is 0 Å². The topological polar surface area (TPSA) is 29.9 Å². The molecule has 2 rings (SSSR count). The SMILES string of the molecule is C/C(=C\c1ccccc1)CNCC(C)Cn1ccnc1. The van der Waals surface area contributed by atoms with E-state index < -0.39 is 0 Å². The quantitative estimate of drug-likeness (QED) is 0.836. The Hall–Kier alpha value is -1.87. The summed E-state index contributed by atoms with van der Waals surface area (Å²) in [4.78, 5) is 4.06. The average Bonchev–Trinajstić information content (AvgIpc) is 2.92. The van der Waals surface area contributed by atoms with Crippen molar-refractivity contribution in [1.29, 1.82) is 0 Å². The van der Waals surface area contributed by atoms with Crippen molar-refractivity contribution >= 4 is 6.08 Å². The molecule has 3 heteroatoms. The molecule has 0 spiro atoms. The number of imidazole rings is 1. The van der Waals surface area contributed by atoms with E-state index in [-0.39, 0.29) is 0 Å². The molecular weight excluding hydrogens is 246 g/mol. The zero-order valence-corrected chi connectivity index (χ0v) is 12.3. The lowest BCUT2D eigenvalue weighted by Crippen LogP contribution is -2.25. The summed E-state index contributed by atoms with van der Waals surface area (Å²) in [6.07, 6.45) is 7.94. The van der Waals surface area contributed by atoms with E-state index in [0.717, 1.165) is 19.6 Å². The van der Waals surface area contributed by atoms with E-state index in [0.29, 0.717) is 5.92 Å². The van der Waals surface area contributed by atoms with Crippen molar-refractivity contribution in [1.82, 2.24) is 14.9 Å². The molecule has 1 aromatic heterocycles. The summed E-state index contributed by atoms with van der Waals surface area (Å²) in [5, 5.41) is 3.52. The smallest absolute Gasteiger partial charge is 0.0946 e. The van der Waals surface area contributed by atoms with E-state index >= 15 is 0 Å². The summed E-state index contributed by atoms with van der Waals surface area (Å²) in [6.45, 7) is 7.37. The Bertz CT molecular complexity index is 514. The fraction of sp³-hybridized carbons (Fsp3) is 0.353. The van der Waals surface area contributed by atoms with Crippen molar-refractivity contribution in [2.24, 2.45) is 5.92 Å². The summed E-state index contributed by atoms with van der Waals surface area (Å²) in [5.74, 6) is 0.591. The van der Waals surface area contributed by atoms with Crippen LogP contribution in [0.3, 0.4) is 0 Å². The summed E-state index contributed by atoms with van der Waals surface area (Å²) in [5.41, 5.74) is 2.62. The van der Waals surface area contributed by atoms with Crippen LogP contribution in [0.1, 0.15) is 19.4 Å². The highest BCUT2D eigenvalue weighted by atomic mass is 15.0. The Balaban J connectivity index is 1.71. The maximum Gasteiger partial charge on any atom is 0.0946 e. The van der Waals surface area contributed by atoms with Crippen molar-refractivity contribution in [2.45, 2.75) is 20.4 Å². The molecule has 1 heterocycles. The molecule has 0 saturated heterocycles. The first-order valence-electron chi connectivity index (χ1n) is 7.12. The molecule has 1 unspecified atom stereocenters. The number of hydrogen-bond acceptors (Lipinski definition) is 2. The first kappa shape index (κ1) is 14.5. The predicted molar refractivity (Wildman–Crippen MR) is 84.4 cm³/mol. The van der Waals surface area contributed by atoms with Crippen molar-refractivity contribution in [2.75, 3.05) is 13.1 Å². The standard InChI is InChI=1S/C17H23N3/c1-15(10-17-6-4-3-5-7-17)11-19-12-16(2)13-20-9-8-18-14-20/h3-10,14,16,19H,11-13H2,1-2H3/b15-10+. The van der Waals surface area contributed by atoms with E-state index in [2.05, 4.69) is 59.1 Å². The molecule has 0 bridgehead atoms. The number of nitrogens with zero attached hydrogens (tertiary/aromatic N) is 2. The first-order valence-corrected chi connectivity index (χ1v) is 7.12. The molecule has 0 amide bonds. The average molecular weight is 269 g/mol. The van der Waals surface area contributed by atoms with Crippen LogP contribution in [0.5, 0.6) is 0 Å². The summed E-state index contributed by atoms with van der Waals surface area (Å²) in [6, 6.07) is 10.4. The number of benzene rings is 1. The van der Waals surface area contributed by atoms with Crippen LogP contribution in [0, 0.1) is 5.92 Å². The zero-order valence-electron chi connectivity index (χ0n) is 12.3. The fourth-order valence-corrected chi connectivity index (χ4v) is 2.22. The molecule has 0 radical (unpaired) electrons. The highest BCUT2D eigenvalue weighted by Crippen LogP contribution is 2.05. The molecule has 3 nitrogen and oxygen atoms in total. The first-order chi connectivity index (χ1) is 9.74. The summed E-state index contributed by atoms with van der Waals surface area (Å²) >= 11 is 0. The van der Waals surface area contributed by atoms with Crippen LogP contribution >= 0.6 is 0 Å². The summed E-state index contributed by atoms with van der Waals surface area (Å²) in [7, 11) is 0. The van der Waals surface area contributed by atoms with Crippen LogP contribution in [0.2, 0.25) is 0 Å². The molecule has 1 N–H and O–H groups in total. The lowest BCUT2D eigenvalue weighted by atomic mass is 10.1. The molecule has 1 atom stereocenters. The van der Waals surface area contributed by atoms with Gasteiger partial charge in [-0.3, -0.25) is 0 Å². The van der Waals surface area contributed by atoms with Gasteiger partial charge in [-0.2, -0.15) is 0 Å². The third kappa shape index (κ3) is 5.02.